The Morgan fingerprint density at radius 3 is 2.93 bits per heavy atom. The molecule has 1 unspecified atom stereocenters. The third-order valence-electron chi connectivity index (χ3n) is 4.79. The van der Waals surface area contributed by atoms with Crippen molar-refractivity contribution in [2.75, 3.05) is 28.5 Å². The number of rotatable bonds is 4. The summed E-state index contributed by atoms with van der Waals surface area (Å²) in [5.74, 6) is 0.329. The molecule has 0 bridgehead atoms. The maximum Gasteiger partial charge on any atom is 0.258 e. The van der Waals surface area contributed by atoms with Gasteiger partial charge in [0.1, 0.15) is 6.10 Å². The molecule has 1 aromatic carbocycles. The van der Waals surface area contributed by atoms with Crippen LogP contribution in [0, 0.1) is 0 Å². The quantitative estimate of drug-likeness (QED) is 0.777. The lowest BCUT2D eigenvalue weighted by atomic mass is 10.2. The minimum Gasteiger partial charge on any atom is -0.370 e. The van der Waals surface area contributed by atoms with Gasteiger partial charge in [-0.15, -0.1) is 5.10 Å². The fourth-order valence-electron chi connectivity index (χ4n) is 3.35. The Morgan fingerprint density at radius 2 is 2.18 bits per heavy atom. The maximum absolute atomic E-state index is 12.6. The minimum atomic E-state index is -3.43. The summed E-state index contributed by atoms with van der Waals surface area (Å²) in [6.45, 7) is 1.03. The molecule has 11 heteroatoms. The molecule has 2 aromatic rings. The first kappa shape index (κ1) is 19.2. The minimum absolute atomic E-state index is 0.0724. The number of sulfonamides is 1. The van der Waals surface area contributed by atoms with E-state index >= 15 is 0 Å². The van der Waals surface area contributed by atoms with Crippen LogP contribution >= 0.6 is 11.6 Å². The highest BCUT2D eigenvalue weighted by atomic mass is 35.5. The Balaban J connectivity index is 1.53. The molecule has 0 radical (unpaired) electrons. The third-order valence-corrected chi connectivity index (χ3v) is 6.96. The van der Waals surface area contributed by atoms with E-state index in [9.17, 15) is 13.2 Å². The molecule has 1 atom stereocenters. The van der Waals surface area contributed by atoms with Gasteiger partial charge in [-0.2, -0.15) is 4.98 Å². The second kappa shape index (κ2) is 7.69. The first-order chi connectivity index (χ1) is 13.4. The first-order valence-electron chi connectivity index (χ1n) is 9.09. The highest BCUT2D eigenvalue weighted by Crippen LogP contribution is 2.32. The summed E-state index contributed by atoms with van der Waals surface area (Å²) < 4.78 is 31.5. The van der Waals surface area contributed by atoms with Gasteiger partial charge < -0.3 is 4.74 Å². The molecule has 0 aliphatic carbocycles. The Morgan fingerprint density at radius 1 is 1.32 bits per heavy atom. The van der Waals surface area contributed by atoms with Crippen LogP contribution in [0.5, 0.6) is 0 Å². The molecule has 1 aromatic heterocycles. The van der Waals surface area contributed by atoms with Gasteiger partial charge in [0, 0.05) is 18.7 Å². The van der Waals surface area contributed by atoms with E-state index in [1.54, 1.807) is 0 Å². The number of amides is 1. The van der Waals surface area contributed by atoms with E-state index in [4.69, 9.17) is 16.3 Å². The van der Waals surface area contributed by atoms with Crippen molar-refractivity contribution >= 4 is 39.2 Å². The number of halogens is 1. The number of aromatic amines is 1. The Kier molecular flexibility index (Phi) is 5.26. The topological polar surface area (TPSA) is 117 Å². The lowest BCUT2D eigenvalue weighted by Crippen LogP contribution is -2.38. The smallest absolute Gasteiger partial charge is 0.258 e. The molecular formula is C17H20ClN5O4S. The van der Waals surface area contributed by atoms with Crippen LogP contribution in [0.4, 0.5) is 11.6 Å². The monoisotopic (exact) mass is 425 g/mol. The van der Waals surface area contributed by atoms with Crippen LogP contribution < -0.4 is 9.62 Å². The van der Waals surface area contributed by atoms with Crippen molar-refractivity contribution in [3.8, 4) is 0 Å². The number of benzene rings is 1. The van der Waals surface area contributed by atoms with Crippen molar-refractivity contribution in [2.24, 2.45) is 0 Å². The second-order valence-electron chi connectivity index (χ2n) is 6.76. The molecule has 2 aliphatic heterocycles. The highest BCUT2D eigenvalue weighted by Gasteiger charge is 2.28. The van der Waals surface area contributed by atoms with Crippen molar-refractivity contribution in [2.45, 2.75) is 31.8 Å². The van der Waals surface area contributed by atoms with Gasteiger partial charge in [0.15, 0.2) is 5.82 Å². The SMILES string of the molecule is O=C(Nc1n[nH]c(C2CCCO2)n1)c1ccc(Cl)c(N2CCCCS2(=O)=O)c1. The van der Waals surface area contributed by atoms with Crippen LogP contribution in [0.1, 0.15) is 48.0 Å². The molecule has 2 saturated heterocycles. The van der Waals surface area contributed by atoms with Crippen LogP contribution in [0.25, 0.3) is 0 Å². The Bertz CT molecular complexity index is 987. The fraction of sp³-hybridized carbons (Fsp3) is 0.471. The normalized spacial score (nSPS) is 21.6. The molecular weight excluding hydrogens is 406 g/mol. The summed E-state index contributed by atoms with van der Waals surface area (Å²) in [5, 5.41) is 9.67. The molecule has 2 N–H and O–H groups in total. The summed E-state index contributed by atoms with van der Waals surface area (Å²) in [6.07, 6.45) is 3.04. The second-order valence-corrected chi connectivity index (χ2v) is 9.18. The van der Waals surface area contributed by atoms with Gasteiger partial charge >= 0.3 is 0 Å². The molecule has 1 amide bonds. The van der Waals surface area contributed by atoms with Crippen LogP contribution in [0.2, 0.25) is 5.02 Å². The molecule has 0 spiro atoms. The predicted molar refractivity (Wildman–Crippen MR) is 104 cm³/mol. The number of hydrogen-bond acceptors (Lipinski definition) is 6. The molecule has 3 heterocycles. The summed E-state index contributed by atoms with van der Waals surface area (Å²) >= 11 is 6.22. The number of nitrogens with one attached hydrogen (secondary N) is 2. The van der Waals surface area contributed by atoms with Crippen molar-refractivity contribution in [3.63, 3.8) is 0 Å². The number of carbonyl (C=O) groups is 1. The number of nitrogens with zero attached hydrogens (tertiary/aromatic N) is 3. The first-order valence-corrected chi connectivity index (χ1v) is 11.1. The van der Waals surface area contributed by atoms with E-state index in [1.165, 1.54) is 22.5 Å². The highest BCUT2D eigenvalue weighted by molar-refractivity contribution is 7.92. The van der Waals surface area contributed by atoms with Crippen molar-refractivity contribution < 1.29 is 17.9 Å². The lowest BCUT2D eigenvalue weighted by Gasteiger charge is -2.29. The Labute approximate surface area is 167 Å². The van der Waals surface area contributed by atoms with Gasteiger partial charge in [-0.3, -0.25) is 19.5 Å². The average Bonchev–Trinajstić information content (AvgIpc) is 3.33. The number of anilines is 2. The fourth-order valence-corrected chi connectivity index (χ4v) is 5.26. The molecule has 150 valence electrons. The van der Waals surface area contributed by atoms with Crippen molar-refractivity contribution in [3.05, 3.63) is 34.6 Å². The van der Waals surface area contributed by atoms with E-state index in [2.05, 4.69) is 20.5 Å². The number of aromatic nitrogens is 3. The number of carbonyl (C=O) groups excluding carboxylic acids is 1. The predicted octanol–water partition coefficient (Wildman–Crippen LogP) is 2.49. The van der Waals surface area contributed by atoms with E-state index in [0.29, 0.717) is 31.1 Å². The molecule has 0 saturated carbocycles. The van der Waals surface area contributed by atoms with Crippen molar-refractivity contribution in [1.29, 1.82) is 0 Å². The molecule has 9 nitrogen and oxygen atoms in total. The van der Waals surface area contributed by atoms with Gasteiger partial charge in [-0.1, -0.05) is 11.6 Å². The van der Waals surface area contributed by atoms with E-state index < -0.39 is 15.9 Å². The van der Waals surface area contributed by atoms with E-state index in [0.717, 1.165) is 19.3 Å². The van der Waals surface area contributed by atoms with Crippen LogP contribution in [0.3, 0.4) is 0 Å². The van der Waals surface area contributed by atoms with Gasteiger partial charge in [0.05, 0.1) is 16.5 Å². The Hall–Kier alpha value is -2.17. The third kappa shape index (κ3) is 3.85. The zero-order chi connectivity index (χ0) is 19.7. The zero-order valence-electron chi connectivity index (χ0n) is 15.0. The molecule has 28 heavy (non-hydrogen) atoms. The molecule has 2 fully saturated rings. The zero-order valence-corrected chi connectivity index (χ0v) is 16.6. The number of H-pyrrole nitrogens is 1. The van der Waals surface area contributed by atoms with Crippen LogP contribution in [-0.2, 0) is 14.8 Å². The van der Waals surface area contributed by atoms with Crippen LogP contribution in [0.15, 0.2) is 18.2 Å². The molecule has 4 rings (SSSR count). The summed E-state index contributed by atoms with van der Waals surface area (Å²) in [6, 6.07) is 4.53. The van der Waals surface area contributed by atoms with Gasteiger partial charge in [-0.25, -0.2) is 8.42 Å². The number of hydrogen-bond donors (Lipinski definition) is 2. The summed E-state index contributed by atoms with van der Waals surface area (Å²) in [5.41, 5.74) is 0.577. The van der Waals surface area contributed by atoms with Crippen molar-refractivity contribution in [1.82, 2.24) is 15.2 Å². The van der Waals surface area contributed by atoms with E-state index in [-0.39, 0.29) is 28.4 Å². The van der Waals surface area contributed by atoms with Gasteiger partial charge in [0.2, 0.25) is 16.0 Å². The summed E-state index contributed by atoms with van der Waals surface area (Å²) in [7, 11) is -3.43. The van der Waals surface area contributed by atoms with Gasteiger partial charge in [0.25, 0.3) is 5.91 Å². The van der Waals surface area contributed by atoms with E-state index in [1.807, 2.05) is 0 Å². The van der Waals surface area contributed by atoms with Gasteiger partial charge in [-0.05, 0) is 43.9 Å². The molecule has 2 aliphatic rings. The maximum atomic E-state index is 12.6. The lowest BCUT2D eigenvalue weighted by molar-refractivity contribution is 0.102. The standard InChI is InChI=1S/C17H20ClN5O4S/c18-12-6-5-11(10-13(12)23-7-1-2-9-28(23,25)26)16(24)20-17-19-15(21-22-17)14-4-3-8-27-14/h5-6,10,14H,1-4,7-9H2,(H2,19,20,21,22,24). The largest absolute Gasteiger partial charge is 0.370 e. The average molecular weight is 426 g/mol. The summed E-state index contributed by atoms with van der Waals surface area (Å²) in [4.78, 5) is 16.9. The van der Waals surface area contributed by atoms with Crippen LogP contribution in [-0.4, -0.2) is 48.4 Å². The number of ether oxygens (including phenoxy) is 1.